The molecule has 0 atom stereocenters. The number of esters is 1. The van der Waals surface area contributed by atoms with Gasteiger partial charge in [-0.25, -0.2) is 0 Å². The Hall–Kier alpha value is -1.01. The van der Waals surface area contributed by atoms with Gasteiger partial charge in [-0.3, -0.25) is 4.79 Å². The van der Waals surface area contributed by atoms with E-state index in [1.54, 1.807) is 6.92 Å². The van der Waals surface area contributed by atoms with Gasteiger partial charge in [0.1, 0.15) is 0 Å². The Morgan fingerprint density at radius 1 is 0.326 bits per heavy atom. The maximum absolute atomic E-state index is 11.1. The SMILES string of the molecule is CCCCCOCCOCCOCCOCCOCCOCCOCCOCCOCCOCCOCCOCCC(=O)OCC. The molecule has 46 heavy (non-hydrogen) atoms. The molecular weight excluding hydrogens is 608 g/mol. The molecule has 0 unspecified atom stereocenters. The number of hydrogen-bond acceptors (Lipinski definition) is 14. The van der Waals surface area contributed by atoms with Gasteiger partial charge < -0.3 is 61.6 Å². The van der Waals surface area contributed by atoms with Gasteiger partial charge in [0.15, 0.2) is 0 Å². The van der Waals surface area contributed by atoms with E-state index >= 15 is 0 Å². The van der Waals surface area contributed by atoms with Crippen molar-refractivity contribution in [1.29, 1.82) is 0 Å². The predicted molar refractivity (Wildman–Crippen MR) is 171 cm³/mol. The second kappa shape index (κ2) is 42.0. The van der Waals surface area contributed by atoms with Crippen LogP contribution in [0.15, 0.2) is 0 Å². The summed E-state index contributed by atoms with van der Waals surface area (Å²) < 4.78 is 70.2. The third kappa shape index (κ3) is 41.0. The third-order valence-corrected chi connectivity index (χ3v) is 5.74. The molecule has 0 saturated heterocycles. The van der Waals surface area contributed by atoms with Crippen LogP contribution in [0.3, 0.4) is 0 Å². The summed E-state index contributed by atoms with van der Waals surface area (Å²) in [7, 11) is 0. The fraction of sp³-hybridized carbons (Fsp3) is 0.969. The number of carbonyl (C=O) groups is 1. The molecule has 0 saturated carbocycles. The Morgan fingerprint density at radius 2 is 0.565 bits per heavy atom. The summed E-state index contributed by atoms with van der Waals surface area (Å²) in [5.74, 6) is -0.250. The standard InChI is InChI=1S/C32H64O14/c1-3-5-6-8-34-10-12-36-14-16-38-18-20-40-22-24-42-26-28-44-30-31-45-29-27-43-25-23-41-21-19-39-17-15-37-13-11-35-9-7-32(33)46-4-2/h3-31H2,1-2H3. The first kappa shape index (κ1) is 45.0. The van der Waals surface area contributed by atoms with Gasteiger partial charge in [0.25, 0.3) is 0 Å². The summed E-state index contributed by atoms with van der Waals surface area (Å²) in [6.07, 6.45) is 3.79. The molecule has 14 heteroatoms. The van der Waals surface area contributed by atoms with Crippen LogP contribution in [-0.2, 0) is 66.4 Å². The lowest BCUT2D eigenvalue weighted by molar-refractivity contribution is -0.144. The average molecular weight is 673 g/mol. The summed E-state index contributed by atoms with van der Waals surface area (Å²) in [6, 6.07) is 0. The van der Waals surface area contributed by atoms with Crippen molar-refractivity contribution in [3.05, 3.63) is 0 Å². The van der Waals surface area contributed by atoms with Gasteiger partial charge in [-0.05, 0) is 13.3 Å². The summed E-state index contributed by atoms with van der Waals surface area (Å²) in [4.78, 5) is 11.1. The van der Waals surface area contributed by atoms with E-state index in [0.717, 1.165) is 13.0 Å². The lowest BCUT2D eigenvalue weighted by Crippen LogP contribution is -2.15. The van der Waals surface area contributed by atoms with Crippen molar-refractivity contribution >= 4 is 5.97 Å². The highest BCUT2D eigenvalue weighted by atomic mass is 16.6. The summed E-state index contributed by atoms with van der Waals surface area (Å²) >= 11 is 0. The van der Waals surface area contributed by atoms with E-state index in [-0.39, 0.29) is 12.4 Å². The molecule has 0 bridgehead atoms. The van der Waals surface area contributed by atoms with Crippen LogP contribution in [0.1, 0.15) is 39.5 Å². The molecule has 276 valence electrons. The largest absolute Gasteiger partial charge is 0.466 e. The molecule has 0 heterocycles. The van der Waals surface area contributed by atoms with Crippen molar-refractivity contribution in [2.75, 3.05) is 165 Å². The van der Waals surface area contributed by atoms with Crippen LogP contribution in [0, 0.1) is 0 Å². The van der Waals surface area contributed by atoms with Crippen molar-refractivity contribution in [2.24, 2.45) is 0 Å². The van der Waals surface area contributed by atoms with Crippen LogP contribution in [-0.4, -0.2) is 171 Å². The zero-order valence-electron chi connectivity index (χ0n) is 28.7. The van der Waals surface area contributed by atoms with Crippen LogP contribution < -0.4 is 0 Å². The van der Waals surface area contributed by atoms with Crippen molar-refractivity contribution in [3.63, 3.8) is 0 Å². The van der Waals surface area contributed by atoms with E-state index in [4.69, 9.17) is 61.6 Å². The highest BCUT2D eigenvalue weighted by molar-refractivity contribution is 5.69. The van der Waals surface area contributed by atoms with E-state index in [2.05, 4.69) is 6.92 Å². The Balaban J connectivity index is 3.05. The molecule has 0 spiro atoms. The van der Waals surface area contributed by atoms with Crippen molar-refractivity contribution in [1.82, 2.24) is 0 Å². The molecule has 0 aromatic rings. The summed E-state index contributed by atoms with van der Waals surface area (Å²) in [5, 5.41) is 0. The molecule has 0 amide bonds. The minimum Gasteiger partial charge on any atom is -0.466 e. The molecule has 0 N–H and O–H groups in total. The van der Waals surface area contributed by atoms with E-state index < -0.39 is 0 Å². The Morgan fingerprint density at radius 3 is 0.804 bits per heavy atom. The van der Waals surface area contributed by atoms with Crippen LogP contribution in [0.25, 0.3) is 0 Å². The van der Waals surface area contributed by atoms with Gasteiger partial charge in [-0.15, -0.1) is 0 Å². The van der Waals surface area contributed by atoms with Crippen LogP contribution in [0.5, 0.6) is 0 Å². The Labute approximate surface area is 277 Å². The van der Waals surface area contributed by atoms with Gasteiger partial charge in [0, 0.05) is 6.61 Å². The zero-order valence-corrected chi connectivity index (χ0v) is 28.7. The molecule has 0 aliphatic carbocycles. The highest BCUT2D eigenvalue weighted by Crippen LogP contribution is 1.94. The van der Waals surface area contributed by atoms with Crippen molar-refractivity contribution in [3.8, 4) is 0 Å². The zero-order chi connectivity index (χ0) is 33.3. The van der Waals surface area contributed by atoms with Gasteiger partial charge in [0.05, 0.1) is 165 Å². The second-order valence-electron chi connectivity index (χ2n) is 9.61. The second-order valence-corrected chi connectivity index (χ2v) is 9.61. The normalized spacial score (nSPS) is 11.4. The van der Waals surface area contributed by atoms with E-state index in [0.29, 0.717) is 159 Å². The number of rotatable bonds is 41. The number of unbranched alkanes of at least 4 members (excludes halogenated alkanes) is 2. The smallest absolute Gasteiger partial charge is 0.308 e. The lowest BCUT2D eigenvalue weighted by atomic mass is 10.3. The number of hydrogen-bond donors (Lipinski definition) is 0. The molecule has 0 rings (SSSR count). The maximum atomic E-state index is 11.1. The van der Waals surface area contributed by atoms with Gasteiger partial charge >= 0.3 is 5.97 Å². The first-order chi connectivity index (χ1) is 22.8. The fourth-order valence-electron chi connectivity index (χ4n) is 3.36. The van der Waals surface area contributed by atoms with Gasteiger partial charge in [-0.2, -0.15) is 0 Å². The van der Waals surface area contributed by atoms with E-state index in [1.165, 1.54) is 12.8 Å². The molecule has 14 nitrogen and oxygen atoms in total. The predicted octanol–water partition coefficient (Wildman–Crippen LogP) is 2.33. The van der Waals surface area contributed by atoms with Gasteiger partial charge in [-0.1, -0.05) is 19.8 Å². The quantitative estimate of drug-likeness (QED) is 0.0694. The summed E-state index contributed by atoms with van der Waals surface area (Å²) in [6.45, 7) is 16.8. The summed E-state index contributed by atoms with van der Waals surface area (Å²) in [5.41, 5.74) is 0. The minimum atomic E-state index is -0.250. The Kier molecular flexibility index (Phi) is 41.1. The molecule has 0 aliphatic rings. The first-order valence-corrected chi connectivity index (χ1v) is 16.9. The van der Waals surface area contributed by atoms with Crippen LogP contribution in [0.4, 0.5) is 0 Å². The average Bonchev–Trinajstić information content (AvgIpc) is 3.06. The maximum Gasteiger partial charge on any atom is 0.308 e. The molecule has 0 aromatic heterocycles. The van der Waals surface area contributed by atoms with E-state index in [1.807, 2.05) is 0 Å². The van der Waals surface area contributed by atoms with Gasteiger partial charge in [0.2, 0.25) is 0 Å². The van der Waals surface area contributed by atoms with Crippen LogP contribution >= 0.6 is 0 Å². The molecule has 0 aliphatic heterocycles. The Bertz CT molecular complexity index is 573. The molecular formula is C32H64O14. The molecule has 0 fully saturated rings. The van der Waals surface area contributed by atoms with Crippen molar-refractivity contribution < 1.29 is 66.4 Å². The van der Waals surface area contributed by atoms with Crippen LogP contribution in [0.2, 0.25) is 0 Å². The highest BCUT2D eigenvalue weighted by Gasteiger charge is 2.01. The number of carbonyl (C=O) groups excluding carboxylic acids is 1. The fourth-order valence-corrected chi connectivity index (χ4v) is 3.36. The third-order valence-electron chi connectivity index (χ3n) is 5.74. The number of ether oxygens (including phenoxy) is 13. The van der Waals surface area contributed by atoms with Crippen molar-refractivity contribution in [2.45, 2.75) is 39.5 Å². The monoisotopic (exact) mass is 672 g/mol. The molecule has 0 aromatic carbocycles. The van der Waals surface area contributed by atoms with E-state index in [9.17, 15) is 4.79 Å². The minimum absolute atomic E-state index is 0.250. The first-order valence-electron chi connectivity index (χ1n) is 16.9. The lowest BCUT2D eigenvalue weighted by Gasteiger charge is -2.09. The molecule has 0 radical (unpaired) electrons. The topological polar surface area (TPSA) is 137 Å².